The number of benzene rings is 1. The second-order valence-corrected chi connectivity index (χ2v) is 9.71. The molecule has 2 aliphatic rings. The summed E-state index contributed by atoms with van der Waals surface area (Å²) in [7, 11) is -3.17. The predicted molar refractivity (Wildman–Crippen MR) is 112 cm³/mol. The van der Waals surface area contributed by atoms with E-state index in [9.17, 15) is 26.4 Å². The molecule has 0 aromatic heterocycles. The van der Waals surface area contributed by atoms with E-state index in [0.717, 1.165) is 6.26 Å². The summed E-state index contributed by atoms with van der Waals surface area (Å²) in [5, 5.41) is 3.94. The zero-order valence-electron chi connectivity index (χ0n) is 17.2. The molecule has 1 amide bonds. The zero-order valence-corrected chi connectivity index (χ0v) is 18.0. The molecule has 13 heteroatoms. The van der Waals surface area contributed by atoms with Gasteiger partial charge in [0.15, 0.2) is 6.61 Å². The quantitative estimate of drug-likeness (QED) is 0.573. The van der Waals surface area contributed by atoms with Crippen molar-refractivity contribution in [3.8, 4) is 5.75 Å². The molecule has 2 heterocycles. The first-order chi connectivity index (χ1) is 15.0. The minimum Gasteiger partial charge on any atom is -0.484 e. The number of amidine groups is 1. The van der Waals surface area contributed by atoms with Crippen LogP contribution in [-0.4, -0.2) is 70.5 Å². The van der Waals surface area contributed by atoms with Gasteiger partial charge in [0.1, 0.15) is 15.6 Å². The van der Waals surface area contributed by atoms with Crippen molar-refractivity contribution in [1.29, 1.82) is 0 Å². The number of hydrazone groups is 1. The van der Waals surface area contributed by atoms with Crippen LogP contribution in [-0.2, 0) is 19.4 Å². The first-order valence-electron chi connectivity index (χ1n) is 9.79. The maximum atomic E-state index is 12.9. The molecule has 1 N–H and O–H groups in total. The fraction of sp³-hybridized carbons (Fsp3) is 0.526. The first-order valence-corrected chi connectivity index (χ1v) is 11.8. The molecule has 0 aliphatic carbocycles. The van der Waals surface area contributed by atoms with Crippen LogP contribution < -0.4 is 15.1 Å². The van der Waals surface area contributed by atoms with Gasteiger partial charge in [0.2, 0.25) is 5.91 Å². The number of carbonyl (C=O) groups is 1. The molecule has 1 aromatic carbocycles. The summed E-state index contributed by atoms with van der Waals surface area (Å²) in [6, 6.07) is 5.08. The van der Waals surface area contributed by atoms with Gasteiger partial charge in [0.05, 0.1) is 30.5 Å². The van der Waals surface area contributed by atoms with Crippen molar-refractivity contribution in [2.75, 3.05) is 36.7 Å². The van der Waals surface area contributed by atoms with E-state index in [0.29, 0.717) is 12.2 Å². The summed E-state index contributed by atoms with van der Waals surface area (Å²) in [6.07, 6.45) is -1.38. The lowest BCUT2D eigenvalue weighted by atomic mass is 9.97. The number of carbonyl (C=O) groups excluding carboxylic acids is 1. The van der Waals surface area contributed by atoms with Gasteiger partial charge in [0.25, 0.3) is 6.02 Å². The Hall–Kier alpha value is -2.83. The zero-order chi connectivity index (χ0) is 23.4. The normalized spacial score (nSPS) is 21.3. The highest BCUT2D eigenvalue weighted by atomic mass is 32.2. The number of halogens is 3. The number of anilines is 1. The van der Waals surface area contributed by atoms with Crippen LogP contribution in [0.4, 0.5) is 18.9 Å². The second kappa shape index (κ2) is 9.76. The number of rotatable bonds is 8. The number of hydrogen-bond acceptors (Lipinski definition) is 8. The van der Waals surface area contributed by atoms with E-state index in [-0.39, 0.29) is 48.8 Å². The standard InChI is InChI=1S/C19H23F3N4O5S/c1-32(28,29)8-2-7-30-18-25-16(13-10-23-24-11-13)9-17(27)26(18)14-3-5-15(6-4-14)31-12-19(20,21)22/h3-6,10,13,16,24H,2,7-9,11-12H2,1H3. The predicted octanol–water partition coefficient (Wildman–Crippen LogP) is 1.75. The van der Waals surface area contributed by atoms with Crippen LogP contribution in [0.1, 0.15) is 12.8 Å². The first kappa shape index (κ1) is 23.8. The molecule has 0 fully saturated rings. The van der Waals surface area contributed by atoms with Gasteiger partial charge in [-0.15, -0.1) is 0 Å². The summed E-state index contributed by atoms with van der Waals surface area (Å²) >= 11 is 0. The Morgan fingerprint density at radius 3 is 2.53 bits per heavy atom. The molecule has 9 nitrogen and oxygen atoms in total. The van der Waals surface area contributed by atoms with Crippen molar-refractivity contribution in [3.05, 3.63) is 24.3 Å². The third-order valence-electron chi connectivity index (χ3n) is 4.67. The summed E-state index contributed by atoms with van der Waals surface area (Å²) in [5.74, 6) is -0.502. The van der Waals surface area contributed by atoms with Crippen LogP contribution in [0.15, 0.2) is 34.4 Å². The van der Waals surface area contributed by atoms with Crippen molar-refractivity contribution in [1.82, 2.24) is 5.43 Å². The van der Waals surface area contributed by atoms with E-state index in [2.05, 4.69) is 15.5 Å². The van der Waals surface area contributed by atoms with Crippen molar-refractivity contribution < 1.29 is 35.9 Å². The van der Waals surface area contributed by atoms with E-state index >= 15 is 0 Å². The summed E-state index contributed by atoms with van der Waals surface area (Å²) < 4.78 is 70.1. The number of sulfone groups is 1. The highest BCUT2D eigenvalue weighted by Crippen LogP contribution is 2.27. The second-order valence-electron chi connectivity index (χ2n) is 7.45. The molecule has 0 saturated heterocycles. The minimum absolute atomic E-state index is 0.00371. The molecule has 2 unspecified atom stereocenters. The van der Waals surface area contributed by atoms with Crippen LogP contribution in [0.25, 0.3) is 0 Å². The Balaban J connectivity index is 1.77. The average Bonchev–Trinajstić information content (AvgIpc) is 3.24. The van der Waals surface area contributed by atoms with Crippen molar-refractivity contribution >= 4 is 33.7 Å². The van der Waals surface area contributed by atoms with Gasteiger partial charge in [-0.05, 0) is 30.7 Å². The Kier molecular flexibility index (Phi) is 7.26. The van der Waals surface area contributed by atoms with Gasteiger partial charge in [-0.3, -0.25) is 4.79 Å². The fourth-order valence-corrected chi connectivity index (χ4v) is 3.80. The van der Waals surface area contributed by atoms with E-state index in [1.165, 1.54) is 29.2 Å². The van der Waals surface area contributed by atoms with E-state index < -0.39 is 28.7 Å². The van der Waals surface area contributed by atoms with E-state index in [4.69, 9.17) is 9.47 Å². The van der Waals surface area contributed by atoms with Gasteiger partial charge >= 0.3 is 6.18 Å². The lowest BCUT2D eigenvalue weighted by Gasteiger charge is -2.31. The molecule has 0 bridgehead atoms. The molecule has 3 rings (SSSR count). The van der Waals surface area contributed by atoms with Crippen LogP contribution in [0.3, 0.4) is 0 Å². The Morgan fingerprint density at radius 2 is 1.94 bits per heavy atom. The van der Waals surface area contributed by atoms with Crippen LogP contribution in [0, 0.1) is 5.92 Å². The molecule has 2 atom stereocenters. The van der Waals surface area contributed by atoms with Crippen LogP contribution in [0.2, 0.25) is 0 Å². The minimum atomic E-state index is -4.46. The highest BCUT2D eigenvalue weighted by Gasteiger charge is 2.36. The van der Waals surface area contributed by atoms with Crippen LogP contribution in [0.5, 0.6) is 5.75 Å². The van der Waals surface area contributed by atoms with E-state index in [1.807, 2.05) is 0 Å². The largest absolute Gasteiger partial charge is 0.484 e. The maximum absolute atomic E-state index is 12.9. The number of nitrogens with zero attached hydrogens (tertiary/aromatic N) is 3. The third kappa shape index (κ3) is 6.84. The molecule has 2 aliphatic heterocycles. The lowest BCUT2D eigenvalue weighted by molar-refractivity contribution is -0.153. The number of amides is 1. The van der Waals surface area contributed by atoms with Gasteiger partial charge in [0, 0.05) is 24.9 Å². The van der Waals surface area contributed by atoms with E-state index in [1.54, 1.807) is 6.21 Å². The Morgan fingerprint density at radius 1 is 1.22 bits per heavy atom. The highest BCUT2D eigenvalue weighted by molar-refractivity contribution is 7.90. The summed E-state index contributed by atoms with van der Waals surface area (Å²) in [5.41, 5.74) is 3.15. The smallest absolute Gasteiger partial charge is 0.422 e. The molecular formula is C19H23F3N4O5S. The fourth-order valence-electron chi connectivity index (χ4n) is 3.16. The molecular weight excluding hydrogens is 453 g/mol. The lowest BCUT2D eigenvalue weighted by Crippen LogP contribution is -2.46. The molecule has 0 saturated carbocycles. The molecule has 1 aromatic rings. The number of nitrogens with one attached hydrogen (secondary N) is 1. The number of aliphatic imine (C=N–C) groups is 1. The average molecular weight is 476 g/mol. The van der Waals surface area contributed by atoms with Crippen molar-refractivity contribution in [2.24, 2.45) is 16.0 Å². The molecule has 0 spiro atoms. The molecule has 32 heavy (non-hydrogen) atoms. The summed E-state index contributed by atoms with van der Waals surface area (Å²) in [4.78, 5) is 18.7. The number of ether oxygens (including phenoxy) is 2. The molecule has 176 valence electrons. The number of hydrogen-bond donors (Lipinski definition) is 1. The van der Waals surface area contributed by atoms with Gasteiger partial charge in [-0.25, -0.2) is 18.3 Å². The Bertz CT molecular complexity index is 980. The molecule has 0 radical (unpaired) electrons. The Labute approximate surface area is 183 Å². The van der Waals surface area contributed by atoms with Gasteiger partial charge < -0.3 is 14.9 Å². The van der Waals surface area contributed by atoms with Crippen molar-refractivity contribution in [3.63, 3.8) is 0 Å². The topological polar surface area (TPSA) is 110 Å². The summed E-state index contributed by atoms with van der Waals surface area (Å²) in [6.45, 7) is -0.885. The monoisotopic (exact) mass is 476 g/mol. The van der Waals surface area contributed by atoms with Gasteiger partial charge in [-0.1, -0.05) is 0 Å². The SMILES string of the molecule is CS(=O)(=O)CCCOC1=NC(C2C=NNC2)CC(=O)N1c1ccc(OCC(F)(F)F)cc1. The number of alkyl halides is 3. The maximum Gasteiger partial charge on any atom is 0.422 e. The third-order valence-corrected chi connectivity index (χ3v) is 5.70. The van der Waals surface area contributed by atoms with Gasteiger partial charge in [-0.2, -0.15) is 18.3 Å². The van der Waals surface area contributed by atoms with Crippen LogP contribution >= 0.6 is 0 Å². The van der Waals surface area contributed by atoms with Crippen molar-refractivity contribution in [2.45, 2.75) is 25.1 Å².